The topological polar surface area (TPSA) is 57.7 Å². The highest BCUT2D eigenvalue weighted by Gasteiger charge is 2.21. The molecular formula is C23H28N2O3. The first-order valence-electron chi connectivity index (χ1n) is 9.80. The third-order valence-corrected chi connectivity index (χ3v) is 4.90. The average molecular weight is 380 g/mol. The number of ketones is 1. The minimum atomic E-state index is -0.224. The van der Waals surface area contributed by atoms with Crippen LogP contribution >= 0.6 is 0 Å². The Morgan fingerprint density at radius 2 is 1.04 bits per heavy atom. The zero-order valence-electron chi connectivity index (χ0n) is 17.1. The van der Waals surface area contributed by atoms with Gasteiger partial charge in [-0.05, 0) is 45.9 Å². The van der Waals surface area contributed by atoms with E-state index in [9.17, 15) is 14.4 Å². The van der Waals surface area contributed by atoms with Crippen molar-refractivity contribution in [3.8, 4) is 0 Å². The van der Waals surface area contributed by atoms with Crippen molar-refractivity contribution in [2.24, 2.45) is 0 Å². The minimum absolute atomic E-state index is 0.0545. The van der Waals surface area contributed by atoms with Crippen LogP contribution in [0.4, 0.5) is 0 Å². The third-order valence-electron chi connectivity index (χ3n) is 4.90. The Labute approximate surface area is 167 Å². The lowest BCUT2D eigenvalue weighted by atomic mass is 9.96. The Kier molecular flexibility index (Phi) is 7.50. The first-order chi connectivity index (χ1) is 13.5. The molecule has 0 heterocycles. The lowest BCUT2D eigenvalue weighted by Gasteiger charge is -2.20. The molecule has 5 nitrogen and oxygen atoms in total. The molecule has 0 fully saturated rings. The Bertz CT molecular complexity index is 835. The van der Waals surface area contributed by atoms with Gasteiger partial charge in [0, 0.05) is 42.9 Å². The molecule has 0 aliphatic heterocycles. The van der Waals surface area contributed by atoms with E-state index in [1.165, 1.54) is 0 Å². The van der Waals surface area contributed by atoms with Gasteiger partial charge in [-0.3, -0.25) is 14.4 Å². The molecule has 5 heteroatoms. The normalized spacial score (nSPS) is 10.4. The fourth-order valence-electron chi connectivity index (χ4n) is 3.16. The van der Waals surface area contributed by atoms with Crippen LogP contribution in [0.2, 0.25) is 0 Å². The summed E-state index contributed by atoms with van der Waals surface area (Å²) in [6.07, 6.45) is 0. The van der Waals surface area contributed by atoms with Gasteiger partial charge in [-0.1, -0.05) is 30.3 Å². The molecule has 0 radical (unpaired) electrons. The highest BCUT2D eigenvalue weighted by Crippen LogP contribution is 2.18. The zero-order chi connectivity index (χ0) is 20.7. The highest BCUT2D eigenvalue weighted by atomic mass is 16.2. The fraction of sp³-hybridized carbons (Fsp3) is 0.348. The lowest BCUT2D eigenvalue weighted by molar-refractivity contribution is 0.0764. The Hall–Kier alpha value is -2.95. The standard InChI is InChI=1S/C23H28N2O3/c1-5-24(6-2)22(27)18-15-13-17(14-16-18)21(26)19-11-9-10-12-20(19)23(28)25(7-3)8-4/h9-16H,5-8H2,1-4H3. The molecule has 0 aromatic heterocycles. The molecule has 0 spiro atoms. The molecule has 0 N–H and O–H groups in total. The van der Waals surface area contributed by atoms with Crippen molar-refractivity contribution in [1.82, 2.24) is 9.80 Å². The van der Waals surface area contributed by atoms with Crippen molar-refractivity contribution in [3.63, 3.8) is 0 Å². The van der Waals surface area contributed by atoms with Gasteiger partial charge in [0.2, 0.25) is 0 Å². The molecule has 2 aromatic carbocycles. The molecule has 2 rings (SSSR count). The van der Waals surface area contributed by atoms with E-state index in [0.29, 0.717) is 48.4 Å². The third kappa shape index (κ3) is 4.47. The maximum Gasteiger partial charge on any atom is 0.254 e. The van der Waals surface area contributed by atoms with E-state index >= 15 is 0 Å². The van der Waals surface area contributed by atoms with Crippen molar-refractivity contribution in [2.45, 2.75) is 27.7 Å². The Morgan fingerprint density at radius 3 is 1.54 bits per heavy atom. The molecule has 0 unspecified atom stereocenters. The highest BCUT2D eigenvalue weighted by molar-refractivity contribution is 6.15. The molecule has 2 aromatic rings. The van der Waals surface area contributed by atoms with Gasteiger partial charge in [0.1, 0.15) is 0 Å². The minimum Gasteiger partial charge on any atom is -0.339 e. The van der Waals surface area contributed by atoms with Gasteiger partial charge >= 0.3 is 0 Å². The Morgan fingerprint density at radius 1 is 0.607 bits per heavy atom. The quantitative estimate of drug-likeness (QED) is 0.653. The van der Waals surface area contributed by atoms with Crippen LogP contribution in [0.1, 0.15) is 64.3 Å². The molecule has 2 amide bonds. The number of hydrogen-bond donors (Lipinski definition) is 0. The van der Waals surface area contributed by atoms with E-state index in [1.54, 1.807) is 58.3 Å². The van der Waals surface area contributed by atoms with Crippen molar-refractivity contribution in [1.29, 1.82) is 0 Å². The average Bonchev–Trinajstić information content (AvgIpc) is 2.75. The van der Waals surface area contributed by atoms with Crippen molar-refractivity contribution < 1.29 is 14.4 Å². The monoisotopic (exact) mass is 380 g/mol. The Balaban J connectivity index is 2.32. The molecule has 0 saturated heterocycles. The summed E-state index contributed by atoms with van der Waals surface area (Å²) >= 11 is 0. The SMILES string of the molecule is CCN(CC)C(=O)c1ccc(C(=O)c2ccccc2C(=O)N(CC)CC)cc1. The summed E-state index contributed by atoms with van der Waals surface area (Å²) in [6, 6.07) is 13.5. The smallest absolute Gasteiger partial charge is 0.254 e. The van der Waals surface area contributed by atoms with Gasteiger partial charge in [-0.25, -0.2) is 0 Å². The van der Waals surface area contributed by atoms with Gasteiger partial charge < -0.3 is 9.80 Å². The van der Waals surface area contributed by atoms with Crippen LogP contribution in [0.25, 0.3) is 0 Å². The van der Waals surface area contributed by atoms with Gasteiger partial charge in [-0.15, -0.1) is 0 Å². The number of carbonyl (C=O) groups is 3. The van der Waals surface area contributed by atoms with Crippen molar-refractivity contribution in [3.05, 3.63) is 70.8 Å². The maximum absolute atomic E-state index is 13.0. The molecule has 0 aliphatic rings. The van der Waals surface area contributed by atoms with Crippen LogP contribution in [0.15, 0.2) is 48.5 Å². The molecule has 0 aliphatic carbocycles. The van der Waals surface area contributed by atoms with Gasteiger partial charge in [0.05, 0.1) is 5.56 Å². The van der Waals surface area contributed by atoms with Crippen molar-refractivity contribution in [2.75, 3.05) is 26.2 Å². The second kappa shape index (κ2) is 9.83. The maximum atomic E-state index is 13.0. The number of carbonyl (C=O) groups excluding carboxylic acids is 3. The first-order valence-corrected chi connectivity index (χ1v) is 9.80. The summed E-state index contributed by atoms with van der Waals surface area (Å²) in [5.41, 5.74) is 1.78. The fourth-order valence-corrected chi connectivity index (χ4v) is 3.16. The molecule has 0 atom stereocenters. The first kappa shape index (κ1) is 21.4. The van der Waals surface area contributed by atoms with E-state index in [4.69, 9.17) is 0 Å². The molecular weight excluding hydrogens is 352 g/mol. The summed E-state index contributed by atoms with van der Waals surface area (Å²) in [7, 11) is 0. The van der Waals surface area contributed by atoms with Gasteiger partial charge in [0.15, 0.2) is 5.78 Å². The van der Waals surface area contributed by atoms with Crippen LogP contribution in [0.3, 0.4) is 0 Å². The number of benzene rings is 2. The second-order valence-corrected chi connectivity index (χ2v) is 6.41. The predicted molar refractivity (Wildman–Crippen MR) is 111 cm³/mol. The van der Waals surface area contributed by atoms with Crippen LogP contribution in [-0.4, -0.2) is 53.6 Å². The van der Waals surface area contributed by atoms with Crippen LogP contribution < -0.4 is 0 Å². The summed E-state index contributed by atoms with van der Waals surface area (Å²) < 4.78 is 0. The number of rotatable bonds is 8. The summed E-state index contributed by atoms with van der Waals surface area (Å²) in [6.45, 7) is 10.1. The predicted octanol–water partition coefficient (Wildman–Crippen LogP) is 3.88. The van der Waals surface area contributed by atoms with E-state index < -0.39 is 0 Å². The second-order valence-electron chi connectivity index (χ2n) is 6.41. The van der Waals surface area contributed by atoms with Gasteiger partial charge in [-0.2, -0.15) is 0 Å². The summed E-state index contributed by atoms with van der Waals surface area (Å²) in [5, 5.41) is 0. The van der Waals surface area contributed by atoms with E-state index in [0.717, 1.165) is 0 Å². The number of nitrogens with zero attached hydrogens (tertiary/aromatic N) is 2. The van der Waals surface area contributed by atoms with Crippen LogP contribution in [0.5, 0.6) is 0 Å². The largest absolute Gasteiger partial charge is 0.339 e. The summed E-state index contributed by atoms with van der Waals surface area (Å²) in [5.74, 6) is -0.429. The van der Waals surface area contributed by atoms with Crippen LogP contribution in [-0.2, 0) is 0 Å². The molecule has 148 valence electrons. The van der Waals surface area contributed by atoms with E-state index in [-0.39, 0.29) is 17.6 Å². The van der Waals surface area contributed by atoms with Crippen LogP contribution in [0, 0.1) is 0 Å². The zero-order valence-corrected chi connectivity index (χ0v) is 17.1. The molecule has 0 bridgehead atoms. The number of amides is 2. The van der Waals surface area contributed by atoms with Crippen molar-refractivity contribution >= 4 is 17.6 Å². The number of hydrogen-bond acceptors (Lipinski definition) is 3. The molecule has 28 heavy (non-hydrogen) atoms. The van der Waals surface area contributed by atoms with E-state index in [1.807, 2.05) is 27.7 Å². The van der Waals surface area contributed by atoms with E-state index in [2.05, 4.69) is 0 Å². The summed E-state index contributed by atoms with van der Waals surface area (Å²) in [4.78, 5) is 41.7. The lowest BCUT2D eigenvalue weighted by Crippen LogP contribution is -2.31. The molecule has 0 saturated carbocycles. The van der Waals surface area contributed by atoms with Gasteiger partial charge in [0.25, 0.3) is 11.8 Å².